The van der Waals surface area contributed by atoms with Gasteiger partial charge in [-0.3, -0.25) is 9.69 Å². The highest BCUT2D eigenvalue weighted by Gasteiger charge is 2.19. The van der Waals surface area contributed by atoms with Crippen LogP contribution < -0.4 is 0 Å². The van der Waals surface area contributed by atoms with Crippen molar-refractivity contribution in [3.05, 3.63) is 34.0 Å². The van der Waals surface area contributed by atoms with Crippen molar-refractivity contribution >= 4 is 17.1 Å². The van der Waals surface area contributed by atoms with Crippen LogP contribution in [0.4, 0.5) is 0 Å². The third-order valence-electron chi connectivity index (χ3n) is 3.41. The molecular weight excluding hydrogens is 242 g/mol. The lowest BCUT2D eigenvalue weighted by Crippen LogP contribution is -2.29. The normalized spacial score (nSPS) is 19.6. The van der Waals surface area contributed by atoms with Gasteiger partial charge in [0.2, 0.25) is 0 Å². The van der Waals surface area contributed by atoms with Crippen molar-refractivity contribution in [2.75, 3.05) is 6.54 Å². The van der Waals surface area contributed by atoms with Gasteiger partial charge in [0.05, 0.1) is 4.88 Å². The molecule has 0 saturated carbocycles. The largest absolute Gasteiger partial charge is 0.294 e. The first-order valence-corrected chi connectivity index (χ1v) is 7.57. The maximum absolute atomic E-state index is 11.3. The lowest BCUT2D eigenvalue weighted by Gasteiger charge is -2.23. The highest BCUT2D eigenvalue weighted by molar-refractivity contribution is 7.12. The average Bonchev–Trinajstić information content (AvgIpc) is 2.96. The fourth-order valence-corrected chi connectivity index (χ4v) is 3.17. The van der Waals surface area contributed by atoms with E-state index in [1.165, 1.54) is 24.8 Å². The van der Waals surface area contributed by atoms with E-state index in [2.05, 4.69) is 29.4 Å². The Morgan fingerprint density at radius 1 is 1.56 bits per heavy atom. The zero-order valence-corrected chi connectivity index (χ0v) is 12.0. The number of thiophene rings is 1. The van der Waals surface area contributed by atoms with Gasteiger partial charge in [0.1, 0.15) is 0 Å². The SMILES string of the molecule is CCCC[C@H]1C=CCN1Cc1csc(C(C)=O)c1. The molecule has 2 heterocycles. The molecular formula is C15H21NOS. The molecule has 0 aromatic carbocycles. The van der Waals surface area contributed by atoms with Gasteiger partial charge < -0.3 is 0 Å². The van der Waals surface area contributed by atoms with Gasteiger partial charge in [0, 0.05) is 19.1 Å². The van der Waals surface area contributed by atoms with Crippen molar-refractivity contribution in [1.29, 1.82) is 0 Å². The molecule has 1 aromatic rings. The van der Waals surface area contributed by atoms with Crippen LogP contribution in [0.5, 0.6) is 0 Å². The molecule has 1 atom stereocenters. The number of rotatable bonds is 6. The summed E-state index contributed by atoms with van der Waals surface area (Å²) in [7, 11) is 0. The van der Waals surface area contributed by atoms with Gasteiger partial charge in [0.15, 0.2) is 5.78 Å². The monoisotopic (exact) mass is 263 g/mol. The Morgan fingerprint density at radius 2 is 2.39 bits per heavy atom. The van der Waals surface area contributed by atoms with Crippen molar-refractivity contribution in [3.8, 4) is 0 Å². The topological polar surface area (TPSA) is 20.3 Å². The fraction of sp³-hybridized carbons (Fsp3) is 0.533. The van der Waals surface area contributed by atoms with E-state index in [1.807, 2.05) is 6.07 Å². The number of carbonyl (C=O) groups excluding carboxylic acids is 1. The average molecular weight is 263 g/mol. The molecule has 3 heteroatoms. The summed E-state index contributed by atoms with van der Waals surface area (Å²) >= 11 is 1.56. The van der Waals surface area contributed by atoms with E-state index >= 15 is 0 Å². The Hall–Kier alpha value is -0.930. The van der Waals surface area contributed by atoms with Gasteiger partial charge >= 0.3 is 0 Å². The highest BCUT2D eigenvalue weighted by atomic mass is 32.1. The molecule has 1 aliphatic rings. The number of hydrogen-bond acceptors (Lipinski definition) is 3. The minimum Gasteiger partial charge on any atom is -0.294 e. The minimum atomic E-state index is 0.174. The van der Waals surface area contributed by atoms with Gasteiger partial charge in [-0.2, -0.15) is 0 Å². The van der Waals surface area contributed by atoms with Crippen LogP contribution in [0.15, 0.2) is 23.6 Å². The molecule has 0 fully saturated rings. The number of nitrogens with zero attached hydrogens (tertiary/aromatic N) is 1. The zero-order chi connectivity index (χ0) is 13.0. The number of unbranched alkanes of at least 4 members (excludes halogenated alkanes) is 1. The third kappa shape index (κ3) is 3.30. The molecule has 0 aliphatic carbocycles. The maximum atomic E-state index is 11.3. The molecule has 98 valence electrons. The molecule has 2 nitrogen and oxygen atoms in total. The first-order valence-electron chi connectivity index (χ1n) is 6.69. The van der Waals surface area contributed by atoms with E-state index in [-0.39, 0.29) is 5.78 Å². The summed E-state index contributed by atoms with van der Waals surface area (Å²) in [5, 5.41) is 2.12. The predicted octanol–water partition coefficient (Wildman–Crippen LogP) is 3.88. The molecule has 0 amide bonds. The summed E-state index contributed by atoms with van der Waals surface area (Å²) in [5.41, 5.74) is 1.27. The Balaban J connectivity index is 1.93. The summed E-state index contributed by atoms with van der Waals surface area (Å²) in [6.45, 7) is 5.88. The van der Waals surface area contributed by atoms with Crippen LogP contribution in [0.3, 0.4) is 0 Å². The van der Waals surface area contributed by atoms with E-state index in [0.29, 0.717) is 6.04 Å². The summed E-state index contributed by atoms with van der Waals surface area (Å²) in [6.07, 6.45) is 8.38. The first kappa shape index (κ1) is 13.5. The Morgan fingerprint density at radius 3 is 3.06 bits per heavy atom. The van der Waals surface area contributed by atoms with Crippen LogP contribution in [0.25, 0.3) is 0 Å². The van der Waals surface area contributed by atoms with Crippen LogP contribution in [-0.2, 0) is 6.54 Å². The lowest BCUT2D eigenvalue weighted by molar-refractivity contribution is 0.102. The molecule has 0 saturated heterocycles. The van der Waals surface area contributed by atoms with Crippen molar-refractivity contribution in [3.63, 3.8) is 0 Å². The summed E-state index contributed by atoms with van der Waals surface area (Å²) in [4.78, 5) is 14.7. The summed E-state index contributed by atoms with van der Waals surface area (Å²) in [6, 6.07) is 2.63. The number of ketones is 1. The third-order valence-corrected chi connectivity index (χ3v) is 4.49. The van der Waals surface area contributed by atoms with Gasteiger partial charge in [0.25, 0.3) is 0 Å². The first-order chi connectivity index (χ1) is 8.70. The summed E-state index contributed by atoms with van der Waals surface area (Å²) in [5.74, 6) is 0.174. The standard InChI is InChI=1S/C15H21NOS/c1-3-4-6-14-7-5-8-16(14)10-13-9-15(12(2)17)18-11-13/h5,7,9,11,14H,3-4,6,8,10H2,1-2H3/t14-/m0/s1. The quantitative estimate of drug-likeness (QED) is 0.573. The lowest BCUT2D eigenvalue weighted by atomic mass is 10.1. The fourth-order valence-electron chi connectivity index (χ4n) is 2.36. The molecule has 0 unspecified atom stereocenters. The van der Waals surface area contributed by atoms with Crippen molar-refractivity contribution in [2.24, 2.45) is 0 Å². The van der Waals surface area contributed by atoms with Crippen LogP contribution in [0, 0.1) is 0 Å². The van der Waals surface area contributed by atoms with Gasteiger partial charge in [-0.1, -0.05) is 31.9 Å². The molecule has 2 rings (SSSR count). The molecule has 0 radical (unpaired) electrons. The highest BCUT2D eigenvalue weighted by Crippen LogP contribution is 2.22. The van der Waals surface area contributed by atoms with Crippen molar-refractivity contribution < 1.29 is 4.79 Å². The Bertz CT molecular complexity index is 435. The van der Waals surface area contributed by atoms with Crippen LogP contribution in [-0.4, -0.2) is 23.3 Å². The van der Waals surface area contributed by atoms with E-state index in [9.17, 15) is 4.79 Å². The Kier molecular flexibility index (Phi) is 4.72. The number of hydrogen-bond donors (Lipinski definition) is 0. The van der Waals surface area contributed by atoms with Crippen LogP contribution in [0.1, 0.15) is 48.3 Å². The van der Waals surface area contributed by atoms with Crippen LogP contribution in [0.2, 0.25) is 0 Å². The molecule has 1 aliphatic heterocycles. The number of carbonyl (C=O) groups is 1. The van der Waals surface area contributed by atoms with E-state index < -0.39 is 0 Å². The minimum absolute atomic E-state index is 0.174. The molecule has 18 heavy (non-hydrogen) atoms. The second-order valence-electron chi connectivity index (χ2n) is 4.94. The smallest absolute Gasteiger partial charge is 0.169 e. The van der Waals surface area contributed by atoms with E-state index in [0.717, 1.165) is 18.0 Å². The second kappa shape index (κ2) is 6.30. The predicted molar refractivity (Wildman–Crippen MR) is 77.2 cm³/mol. The molecule has 0 spiro atoms. The van der Waals surface area contributed by atoms with E-state index in [1.54, 1.807) is 18.3 Å². The van der Waals surface area contributed by atoms with Gasteiger partial charge in [-0.25, -0.2) is 0 Å². The molecule has 0 bridgehead atoms. The second-order valence-corrected chi connectivity index (χ2v) is 5.85. The molecule has 1 aromatic heterocycles. The van der Waals surface area contributed by atoms with Gasteiger partial charge in [-0.05, 0) is 30.4 Å². The van der Waals surface area contributed by atoms with Crippen molar-refractivity contribution in [1.82, 2.24) is 4.90 Å². The zero-order valence-electron chi connectivity index (χ0n) is 11.2. The van der Waals surface area contributed by atoms with E-state index in [4.69, 9.17) is 0 Å². The Labute approximate surface area is 113 Å². The maximum Gasteiger partial charge on any atom is 0.169 e. The summed E-state index contributed by atoms with van der Waals surface area (Å²) < 4.78 is 0. The molecule has 0 N–H and O–H groups in total. The number of Topliss-reactive ketones (excluding diaryl/α,β-unsaturated/α-hetero) is 1. The van der Waals surface area contributed by atoms with Crippen LogP contribution >= 0.6 is 11.3 Å². The van der Waals surface area contributed by atoms with Crippen molar-refractivity contribution in [2.45, 2.75) is 45.7 Å². The van der Waals surface area contributed by atoms with Gasteiger partial charge in [-0.15, -0.1) is 11.3 Å².